The number of nitrogens with two attached hydrogens (primary N) is 1. The number of carbonyl (C=O) groups is 1. The minimum Gasteiger partial charge on any atom is -0.324 e. The van der Waals surface area contributed by atoms with Crippen molar-refractivity contribution in [2.45, 2.75) is 25.3 Å². The average Bonchev–Trinajstić information content (AvgIpc) is 2.82. The molecular weight excluding hydrogens is 292 g/mol. The Balaban J connectivity index is 2.05. The maximum atomic E-state index is 11.9. The number of aromatic nitrogens is 2. The maximum Gasteiger partial charge on any atom is 0.246 e. The summed E-state index contributed by atoms with van der Waals surface area (Å²) in [6.07, 6.45) is 2.33. The van der Waals surface area contributed by atoms with Crippen LogP contribution in [0.2, 0.25) is 0 Å². The van der Waals surface area contributed by atoms with Gasteiger partial charge in [-0.15, -0.1) is 0 Å². The van der Waals surface area contributed by atoms with Crippen molar-refractivity contribution in [2.24, 2.45) is 5.14 Å². The standard InChI is InChI=1S/C13H16N4O3S/c1-9-3-4-11(5-10(9)2)16-13(18)8-17-7-12(6-15-17)21(14,19)20/h3-7H,8H2,1-2H3,(H,16,18)(H2,14,19,20). The molecule has 112 valence electrons. The van der Waals surface area contributed by atoms with Crippen LogP contribution in [0, 0.1) is 13.8 Å². The summed E-state index contributed by atoms with van der Waals surface area (Å²) in [5, 5.41) is 11.5. The number of primary sulfonamides is 1. The number of benzene rings is 1. The predicted octanol–water partition coefficient (Wildman–Crippen LogP) is 0.786. The van der Waals surface area contributed by atoms with Gasteiger partial charge in [-0.1, -0.05) is 6.07 Å². The molecule has 0 aliphatic rings. The van der Waals surface area contributed by atoms with Crippen molar-refractivity contribution in [1.82, 2.24) is 9.78 Å². The lowest BCUT2D eigenvalue weighted by Gasteiger charge is -2.07. The quantitative estimate of drug-likeness (QED) is 0.870. The zero-order chi connectivity index (χ0) is 15.6. The molecule has 0 radical (unpaired) electrons. The highest BCUT2D eigenvalue weighted by Gasteiger charge is 2.12. The first-order valence-corrected chi connectivity index (χ1v) is 7.73. The van der Waals surface area contributed by atoms with Crippen molar-refractivity contribution in [1.29, 1.82) is 0 Å². The van der Waals surface area contributed by atoms with Gasteiger partial charge in [0.15, 0.2) is 0 Å². The summed E-state index contributed by atoms with van der Waals surface area (Å²) in [5.74, 6) is -0.303. The van der Waals surface area contributed by atoms with Gasteiger partial charge in [0.1, 0.15) is 11.4 Å². The van der Waals surface area contributed by atoms with Crippen LogP contribution in [0.25, 0.3) is 0 Å². The fourth-order valence-corrected chi connectivity index (χ4v) is 2.21. The molecule has 3 N–H and O–H groups in total. The molecule has 2 aromatic rings. The van der Waals surface area contributed by atoms with Crippen LogP contribution in [0.15, 0.2) is 35.5 Å². The Morgan fingerprint density at radius 2 is 2.05 bits per heavy atom. The van der Waals surface area contributed by atoms with E-state index < -0.39 is 10.0 Å². The van der Waals surface area contributed by atoms with E-state index in [-0.39, 0.29) is 17.3 Å². The van der Waals surface area contributed by atoms with E-state index in [0.717, 1.165) is 17.3 Å². The highest BCUT2D eigenvalue weighted by molar-refractivity contribution is 7.89. The van der Waals surface area contributed by atoms with Crippen LogP contribution in [-0.2, 0) is 21.4 Å². The molecule has 0 unspecified atom stereocenters. The number of hydrogen-bond donors (Lipinski definition) is 2. The average molecular weight is 308 g/mol. The summed E-state index contributed by atoms with van der Waals surface area (Å²) in [6.45, 7) is 3.85. The van der Waals surface area contributed by atoms with Crippen molar-refractivity contribution in [3.8, 4) is 0 Å². The third-order valence-corrected chi connectivity index (χ3v) is 3.90. The van der Waals surface area contributed by atoms with E-state index in [2.05, 4.69) is 10.4 Å². The topological polar surface area (TPSA) is 107 Å². The Hall–Kier alpha value is -2.19. The number of aryl methyl sites for hydroxylation is 2. The van der Waals surface area contributed by atoms with Crippen LogP contribution >= 0.6 is 0 Å². The van der Waals surface area contributed by atoms with E-state index in [1.54, 1.807) is 6.07 Å². The first-order valence-electron chi connectivity index (χ1n) is 6.18. The maximum absolute atomic E-state index is 11.9. The minimum absolute atomic E-state index is 0.0948. The van der Waals surface area contributed by atoms with Crippen molar-refractivity contribution in [2.75, 3.05) is 5.32 Å². The minimum atomic E-state index is -3.80. The molecule has 1 aromatic carbocycles. The van der Waals surface area contributed by atoms with Gasteiger partial charge < -0.3 is 5.32 Å². The predicted molar refractivity (Wildman–Crippen MR) is 78.1 cm³/mol. The molecular formula is C13H16N4O3S. The molecule has 0 aliphatic heterocycles. The molecule has 0 bridgehead atoms. The van der Waals surface area contributed by atoms with Gasteiger partial charge in [-0.2, -0.15) is 5.10 Å². The van der Waals surface area contributed by atoms with Gasteiger partial charge in [0, 0.05) is 11.9 Å². The van der Waals surface area contributed by atoms with E-state index in [1.807, 2.05) is 26.0 Å². The van der Waals surface area contributed by atoms with Crippen molar-refractivity contribution >= 4 is 21.6 Å². The van der Waals surface area contributed by atoms with E-state index in [4.69, 9.17) is 5.14 Å². The number of nitrogens with one attached hydrogen (secondary N) is 1. The smallest absolute Gasteiger partial charge is 0.246 e. The molecule has 0 saturated heterocycles. The SMILES string of the molecule is Cc1ccc(NC(=O)Cn2cc(S(N)(=O)=O)cn2)cc1C. The summed E-state index contributed by atoms with van der Waals surface area (Å²) in [5.41, 5.74) is 2.89. The lowest BCUT2D eigenvalue weighted by molar-refractivity contribution is -0.116. The van der Waals surface area contributed by atoms with E-state index in [1.165, 1.54) is 10.9 Å². The van der Waals surface area contributed by atoms with Crippen LogP contribution < -0.4 is 10.5 Å². The van der Waals surface area contributed by atoms with Gasteiger partial charge in [-0.05, 0) is 37.1 Å². The Morgan fingerprint density at radius 1 is 1.33 bits per heavy atom. The van der Waals surface area contributed by atoms with Crippen LogP contribution in [0.3, 0.4) is 0 Å². The number of amides is 1. The Labute approximate surface area is 122 Å². The largest absolute Gasteiger partial charge is 0.324 e. The molecule has 8 heteroatoms. The normalized spacial score (nSPS) is 11.4. The molecule has 1 amide bonds. The number of rotatable bonds is 4. The van der Waals surface area contributed by atoms with Gasteiger partial charge in [0.25, 0.3) is 0 Å². The number of carbonyl (C=O) groups excluding carboxylic acids is 1. The summed E-state index contributed by atoms with van der Waals surface area (Å²) in [6, 6.07) is 5.59. The molecule has 0 atom stereocenters. The molecule has 2 rings (SSSR count). The molecule has 21 heavy (non-hydrogen) atoms. The van der Waals surface area contributed by atoms with E-state index in [0.29, 0.717) is 5.69 Å². The van der Waals surface area contributed by atoms with Crippen molar-refractivity contribution in [3.05, 3.63) is 41.7 Å². The second-order valence-corrected chi connectivity index (χ2v) is 6.33. The van der Waals surface area contributed by atoms with E-state index in [9.17, 15) is 13.2 Å². The Bertz CT molecular complexity index is 780. The molecule has 0 spiro atoms. The lowest BCUT2D eigenvalue weighted by Crippen LogP contribution is -2.19. The zero-order valence-electron chi connectivity index (χ0n) is 11.7. The second-order valence-electron chi connectivity index (χ2n) is 4.77. The van der Waals surface area contributed by atoms with E-state index >= 15 is 0 Å². The molecule has 0 saturated carbocycles. The second kappa shape index (κ2) is 5.66. The monoisotopic (exact) mass is 308 g/mol. The summed E-state index contributed by atoms with van der Waals surface area (Å²) < 4.78 is 23.5. The van der Waals surface area contributed by atoms with Crippen LogP contribution in [0.1, 0.15) is 11.1 Å². The van der Waals surface area contributed by atoms with Crippen LogP contribution in [-0.4, -0.2) is 24.1 Å². The van der Waals surface area contributed by atoms with Crippen molar-refractivity contribution in [3.63, 3.8) is 0 Å². The highest BCUT2D eigenvalue weighted by atomic mass is 32.2. The molecule has 0 aliphatic carbocycles. The van der Waals surface area contributed by atoms with Crippen molar-refractivity contribution < 1.29 is 13.2 Å². The first-order chi connectivity index (χ1) is 9.75. The van der Waals surface area contributed by atoms with Gasteiger partial charge in [-0.25, -0.2) is 13.6 Å². The Morgan fingerprint density at radius 3 is 2.62 bits per heavy atom. The highest BCUT2D eigenvalue weighted by Crippen LogP contribution is 2.14. The summed E-state index contributed by atoms with van der Waals surface area (Å²) >= 11 is 0. The number of nitrogens with zero attached hydrogens (tertiary/aromatic N) is 2. The summed E-state index contributed by atoms with van der Waals surface area (Å²) in [4.78, 5) is 11.8. The molecule has 1 heterocycles. The number of anilines is 1. The summed E-state index contributed by atoms with van der Waals surface area (Å²) in [7, 11) is -3.80. The van der Waals surface area contributed by atoms with Gasteiger partial charge in [-0.3, -0.25) is 9.48 Å². The van der Waals surface area contributed by atoms with Crippen LogP contribution in [0.4, 0.5) is 5.69 Å². The third-order valence-electron chi connectivity index (χ3n) is 3.03. The molecule has 1 aromatic heterocycles. The van der Waals surface area contributed by atoms with Gasteiger partial charge in [0.05, 0.1) is 6.20 Å². The number of sulfonamides is 1. The first kappa shape index (κ1) is 15.2. The fraction of sp³-hybridized carbons (Fsp3) is 0.231. The zero-order valence-corrected chi connectivity index (χ0v) is 12.5. The van der Waals surface area contributed by atoms with Gasteiger partial charge >= 0.3 is 0 Å². The Kier molecular flexibility index (Phi) is 4.10. The fourth-order valence-electron chi connectivity index (χ4n) is 1.74. The lowest BCUT2D eigenvalue weighted by atomic mass is 10.1. The van der Waals surface area contributed by atoms with Crippen LogP contribution in [0.5, 0.6) is 0 Å². The number of hydrogen-bond acceptors (Lipinski definition) is 4. The molecule has 7 nitrogen and oxygen atoms in total. The molecule has 0 fully saturated rings. The third kappa shape index (κ3) is 3.89. The van der Waals surface area contributed by atoms with Gasteiger partial charge in [0.2, 0.25) is 15.9 Å².